The molecule has 3 N–H and O–H groups in total. The van der Waals surface area contributed by atoms with Gasteiger partial charge in [0.2, 0.25) is 0 Å². The van der Waals surface area contributed by atoms with Crippen LogP contribution in [0, 0.1) is 0 Å². The summed E-state index contributed by atoms with van der Waals surface area (Å²) in [6.45, 7) is 3.89. The number of aromatic nitrogens is 2. The highest BCUT2D eigenvalue weighted by atomic mass is 31.2. The van der Waals surface area contributed by atoms with Gasteiger partial charge in [0.15, 0.2) is 12.0 Å². The zero-order chi connectivity index (χ0) is 20.5. The van der Waals surface area contributed by atoms with E-state index in [1.165, 1.54) is 6.92 Å². The van der Waals surface area contributed by atoms with E-state index >= 15 is 0 Å². The van der Waals surface area contributed by atoms with Gasteiger partial charge in [0.25, 0.3) is 5.56 Å². The molecule has 1 aliphatic rings. The first kappa shape index (κ1) is 21.5. The summed E-state index contributed by atoms with van der Waals surface area (Å²) in [4.78, 5) is 49.2. The van der Waals surface area contributed by atoms with Crippen molar-refractivity contribution in [3.05, 3.63) is 32.6 Å². The lowest BCUT2D eigenvalue weighted by Crippen LogP contribution is -2.39. The molecular formula is C17H25N2O7P. The van der Waals surface area contributed by atoms with Crippen molar-refractivity contribution in [1.82, 2.24) is 9.55 Å². The topological polar surface area (TPSA) is 139 Å². The largest absolute Gasteiger partial charge is 0.388 e. The summed E-state index contributed by atoms with van der Waals surface area (Å²) in [6, 6.07) is 0. The fraction of sp³-hybridized carbons (Fsp3) is 0.588. The lowest BCUT2D eigenvalue weighted by Gasteiger charge is -2.19. The van der Waals surface area contributed by atoms with Crippen LogP contribution in [0.25, 0.3) is 0 Å². The number of carbonyl (C=O) groups is 2. The summed E-state index contributed by atoms with van der Waals surface area (Å²) in [6.07, 6.45) is 1.13. The summed E-state index contributed by atoms with van der Waals surface area (Å²) in [5.74, 6) is -1.17. The van der Waals surface area contributed by atoms with Crippen LogP contribution in [-0.4, -0.2) is 75.4 Å². The first-order chi connectivity index (χ1) is 12.4. The van der Waals surface area contributed by atoms with Crippen LogP contribution in [0.2, 0.25) is 0 Å². The highest BCUT2D eigenvalue weighted by Crippen LogP contribution is 2.39. The van der Waals surface area contributed by atoms with Gasteiger partial charge >= 0.3 is 5.69 Å². The Kier molecular flexibility index (Phi) is 6.42. The highest BCUT2D eigenvalue weighted by Gasteiger charge is 2.44. The maximum Gasteiger partial charge on any atom is 0.330 e. The monoisotopic (exact) mass is 400 g/mol. The van der Waals surface area contributed by atoms with Crippen LogP contribution in [0.1, 0.15) is 36.4 Å². The molecule has 2 heterocycles. The maximum absolute atomic E-state index is 12.2. The number of Topliss-reactive ketones (excluding diaryl/α,β-unsaturated/α-hetero) is 2. The second-order valence-electron chi connectivity index (χ2n) is 7.51. The van der Waals surface area contributed by atoms with E-state index in [9.17, 15) is 29.4 Å². The summed E-state index contributed by atoms with van der Waals surface area (Å²) < 4.78 is 6.52. The SMILES string of the molecule is C=P(C)(C)CC[C@H]1O[C@@H](n2cc(C(=O)CC(C)=O)c(=O)[nH]c2=O)[C@H](O)[C@@H]1O. The molecule has 2 rings (SSSR count). The minimum absolute atomic E-state index is 0.386. The zero-order valence-corrected chi connectivity index (χ0v) is 16.4. The van der Waals surface area contributed by atoms with E-state index in [0.29, 0.717) is 6.42 Å². The molecule has 0 aliphatic carbocycles. The van der Waals surface area contributed by atoms with Gasteiger partial charge in [0.1, 0.15) is 18.0 Å². The summed E-state index contributed by atoms with van der Waals surface area (Å²) >= 11 is 0. The van der Waals surface area contributed by atoms with Crippen LogP contribution < -0.4 is 11.2 Å². The van der Waals surface area contributed by atoms with Crippen LogP contribution in [-0.2, 0) is 9.53 Å². The van der Waals surface area contributed by atoms with E-state index < -0.39 is 60.7 Å². The van der Waals surface area contributed by atoms with Gasteiger partial charge in [0, 0.05) is 6.20 Å². The van der Waals surface area contributed by atoms with Gasteiger partial charge in [-0.1, -0.05) is 0 Å². The quantitative estimate of drug-likeness (QED) is 0.316. The fourth-order valence-corrected chi connectivity index (χ4v) is 3.82. The minimum atomic E-state index is -1.42. The Balaban J connectivity index is 2.33. The van der Waals surface area contributed by atoms with Gasteiger partial charge in [-0.15, -0.1) is 13.2 Å². The molecule has 0 bridgehead atoms. The number of hydrogen-bond acceptors (Lipinski definition) is 7. The molecule has 27 heavy (non-hydrogen) atoms. The molecule has 0 aromatic carbocycles. The van der Waals surface area contributed by atoms with Crippen molar-refractivity contribution in [3.63, 3.8) is 0 Å². The van der Waals surface area contributed by atoms with E-state index in [0.717, 1.165) is 16.9 Å². The number of aliphatic hydroxyl groups excluding tert-OH is 2. The average Bonchev–Trinajstić information content (AvgIpc) is 2.80. The van der Waals surface area contributed by atoms with Gasteiger partial charge in [-0.3, -0.25) is 23.9 Å². The number of ether oxygens (including phenoxy) is 1. The molecule has 150 valence electrons. The third-order valence-corrected chi connectivity index (χ3v) is 5.78. The highest BCUT2D eigenvalue weighted by molar-refractivity contribution is 7.72. The van der Waals surface area contributed by atoms with Gasteiger partial charge in [-0.2, -0.15) is 0 Å². The van der Waals surface area contributed by atoms with Crippen molar-refractivity contribution in [1.29, 1.82) is 0 Å². The number of hydrogen-bond donors (Lipinski definition) is 3. The van der Waals surface area contributed by atoms with Crippen molar-refractivity contribution in [2.75, 3.05) is 19.5 Å². The maximum atomic E-state index is 12.2. The van der Waals surface area contributed by atoms with Crippen molar-refractivity contribution in [3.8, 4) is 0 Å². The van der Waals surface area contributed by atoms with E-state index in [-0.39, 0.29) is 5.56 Å². The van der Waals surface area contributed by atoms with Crippen molar-refractivity contribution in [2.24, 2.45) is 0 Å². The molecule has 0 saturated carbocycles. The van der Waals surface area contributed by atoms with Crippen molar-refractivity contribution >= 4 is 24.8 Å². The zero-order valence-electron chi connectivity index (χ0n) is 15.5. The number of nitrogens with one attached hydrogen (secondary N) is 1. The molecule has 0 unspecified atom stereocenters. The average molecular weight is 400 g/mol. The minimum Gasteiger partial charge on any atom is -0.388 e. The first-order valence-electron chi connectivity index (χ1n) is 8.48. The fourth-order valence-electron chi connectivity index (χ4n) is 2.87. The number of H-pyrrole nitrogens is 1. The molecular weight excluding hydrogens is 375 g/mol. The molecule has 9 nitrogen and oxygen atoms in total. The predicted molar refractivity (Wildman–Crippen MR) is 102 cm³/mol. The Hall–Kier alpha value is -1.80. The molecule has 1 fully saturated rings. The smallest absolute Gasteiger partial charge is 0.330 e. The normalized spacial score (nSPS) is 25.5. The molecule has 10 heteroatoms. The Bertz CT molecular complexity index is 897. The summed E-state index contributed by atoms with van der Waals surface area (Å²) in [5, 5.41) is 20.6. The number of aromatic amines is 1. The van der Waals surface area contributed by atoms with E-state index in [1.54, 1.807) is 0 Å². The Labute approximate surface area is 156 Å². The van der Waals surface area contributed by atoms with E-state index in [1.807, 2.05) is 18.3 Å². The van der Waals surface area contributed by atoms with Crippen molar-refractivity contribution < 1.29 is 24.5 Å². The molecule has 0 radical (unpaired) electrons. The third kappa shape index (κ3) is 5.13. The van der Waals surface area contributed by atoms with Crippen LogP contribution in [0.4, 0.5) is 0 Å². The number of rotatable bonds is 7. The predicted octanol–water partition coefficient (Wildman–Crippen LogP) is -0.583. The second kappa shape index (κ2) is 8.06. The molecule has 0 amide bonds. The first-order valence-corrected chi connectivity index (χ1v) is 11.5. The van der Waals surface area contributed by atoms with E-state index in [4.69, 9.17) is 4.74 Å². The van der Waals surface area contributed by atoms with Gasteiger partial charge in [0.05, 0.1) is 18.1 Å². The van der Waals surface area contributed by atoms with Gasteiger partial charge in [-0.25, -0.2) is 4.79 Å². The number of carbonyl (C=O) groups excluding carboxylic acids is 2. The number of nitrogens with zero attached hydrogens (tertiary/aromatic N) is 1. The van der Waals surface area contributed by atoms with Crippen LogP contribution >= 0.6 is 6.89 Å². The molecule has 1 aromatic heterocycles. The van der Waals surface area contributed by atoms with Crippen LogP contribution in [0.15, 0.2) is 15.8 Å². The molecule has 0 spiro atoms. The van der Waals surface area contributed by atoms with Crippen LogP contribution in [0.5, 0.6) is 0 Å². The summed E-state index contributed by atoms with van der Waals surface area (Å²) in [5.41, 5.74) is -2.19. The number of ketones is 2. The summed E-state index contributed by atoms with van der Waals surface area (Å²) in [7, 11) is 0. The van der Waals surface area contributed by atoms with Crippen LogP contribution in [0.3, 0.4) is 0 Å². The van der Waals surface area contributed by atoms with Gasteiger partial charge < -0.3 is 14.9 Å². The van der Waals surface area contributed by atoms with E-state index in [2.05, 4.69) is 6.30 Å². The van der Waals surface area contributed by atoms with Crippen molar-refractivity contribution in [2.45, 2.75) is 44.3 Å². The lowest BCUT2D eigenvalue weighted by atomic mass is 10.1. The third-order valence-electron chi connectivity index (χ3n) is 4.31. The lowest BCUT2D eigenvalue weighted by molar-refractivity contribution is -0.116. The number of aliphatic hydroxyl groups is 2. The Morgan fingerprint density at radius 2 is 1.93 bits per heavy atom. The van der Waals surface area contributed by atoms with Gasteiger partial charge in [-0.05, 0) is 32.8 Å². The standard InChI is InChI=1S/C17H25N2O7P/c1-9(20)7-11(21)10-8-19(17(25)18-15(10)24)16-14(23)13(22)12(26-16)5-6-27(2,3)4/h8,12-14,16,22-23H,2,5-7H2,1,3-4H3,(H,18,24,25)/t12-,13-,14-,16-/m1/s1. The molecule has 1 saturated heterocycles. The second-order valence-corrected chi connectivity index (χ2v) is 11.8. The molecule has 1 aliphatic heterocycles. The molecule has 1 aromatic rings. The Morgan fingerprint density at radius 1 is 1.30 bits per heavy atom. The Morgan fingerprint density at radius 3 is 2.48 bits per heavy atom. The molecule has 4 atom stereocenters.